The molecule has 1 fully saturated rings. The van der Waals surface area contributed by atoms with E-state index >= 15 is 0 Å². The molecule has 1 aliphatic heterocycles. The molecule has 1 atom stereocenters. The molecule has 11 nitrogen and oxygen atoms in total. The third kappa shape index (κ3) is 5.11. The first kappa shape index (κ1) is 25.8. The van der Waals surface area contributed by atoms with Crippen molar-refractivity contribution in [3.63, 3.8) is 0 Å². The number of ether oxygens (including phenoxy) is 2. The van der Waals surface area contributed by atoms with E-state index in [0.29, 0.717) is 47.2 Å². The van der Waals surface area contributed by atoms with Crippen LogP contribution in [0.5, 0.6) is 11.5 Å². The van der Waals surface area contributed by atoms with E-state index in [0.717, 1.165) is 31.2 Å². The summed E-state index contributed by atoms with van der Waals surface area (Å²) in [5.74, 6) is 0.571. The van der Waals surface area contributed by atoms with Crippen LogP contribution in [-0.4, -0.2) is 55.8 Å². The van der Waals surface area contributed by atoms with Gasteiger partial charge in [-0.2, -0.15) is 5.10 Å². The van der Waals surface area contributed by atoms with Gasteiger partial charge in [0.25, 0.3) is 0 Å². The number of benzene rings is 2. The summed E-state index contributed by atoms with van der Waals surface area (Å²) < 4.78 is 14.8. The van der Waals surface area contributed by atoms with Crippen molar-refractivity contribution in [1.82, 2.24) is 30.1 Å². The summed E-state index contributed by atoms with van der Waals surface area (Å²) >= 11 is 0. The number of nitrogens with one attached hydrogen (secondary N) is 1. The molecule has 2 aromatic carbocycles. The molecule has 2 aliphatic rings. The van der Waals surface area contributed by atoms with Gasteiger partial charge in [-0.05, 0) is 44.0 Å². The van der Waals surface area contributed by atoms with Gasteiger partial charge >= 0.3 is 0 Å². The summed E-state index contributed by atoms with van der Waals surface area (Å²) in [6.45, 7) is 2.60. The van der Waals surface area contributed by atoms with Gasteiger partial charge < -0.3 is 14.8 Å². The van der Waals surface area contributed by atoms with E-state index in [1.165, 1.54) is 11.3 Å². The summed E-state index contributed by atoms with van der Waals surface area (Å²) in [6, 6.07) is 11.9. The van der Waals surface area contributed by atoms with Crippen molar-refractivity contribution < 1.29 is 19.1 Å². The fourth-order valence-corrected chi connectivity index (χ4v) is 5.67. The molecule has 208 valence electrons. The normalized spacial score (nSPS) is 16.1. The number of rotatable bonds is 7. The molecule has 1 aliphatic carbocycles. The number of anilines is 1. The maximum absolute atomic E-state index is 14.3. The highest BCUT2D eigenvalue weighted by Crippen LogP contribution is 2.38. The molecule has 2 amide bonds. The number of nitrogens with zero attached hydrogens (tertiary/aromatic N) is 6. The molecule has 0 spiro atoms. The Balaban J connectivity index is 1.44. The van der Waals surface area contributed by atoms with Gasteiger partial charge in [0.2, 0.25) is 11.8 Å². The SMILES string of the molecule is Cc1nn(C)cc1[C@@H](C(=O)NC1CCCCC1)N(C(=O)Cn1nnc2ccccc21)c1ccc2c(c1)OCCO2. The van der Waals surface area contributed by atoms with Gasteiger partial charge in [-0.3, -0.25) is 19.2 Å². The Kier molecular flexibility index (Phi) is 7.10. The van der Waals surface area contributed by atoms with E-state index in [2.05, 4.69) is 20.7 Å². The molecule has 6 rings (SSSR count). The van der Waals surface area contributed by atoms with Crippen LogP contribution in [-0.2, 0) is 23.2 Å². The van der Waals surface area contributed by atoms with Gasteiger partial charge in [-0.1, -0.05) is 36.6 Å². The lowest BCUT2D eigenvalue weighted by Crippen LogP contribution is -2.48. The van der Waals surface area contributed by atoms with E-state index in [4.69, 9.17) is 9.47 Å². The molecule has 40 heavy (non-hydrogen) atoms. The largest absolute Gasteiger partial charge is 0.486 e. The number of aromatic nitrogens is 5. The predicted molar refractivity (Wildman–Crippen MR) is 148 cm³/mol. The van der Waals surface area contributed by atoms with Gasteiger partial charge in [0.15, 0.2) is 11.5 Å². The molecule has 4 aromatic rings. The number of para-hydroxylation sites is 1. The van der Waals surface area contributed by atoms with E-state index in [9.17, 15) is 9.59 Å². The van der Waals surface area contributed by atoms with E-state index in [-0.39, 0.29) is 24.4 Å². The molecule has 0 radical (unpaired) electrons. The van der Waals surface area contributed by atoms with Crippen LogP contribution >= 0.6 is 0 Å². The number of amides is 2. The zero-order chi connectivity index (χ0) is 27.6. The Labute approximate surface area is 232 Å². The summed E-state index contributed by atoms with van der Waals surface area (Å²) in [5, 5.41) is 16.2. The number of carbonyl (C=O) groups is 2. The molecular weight excluding hydrogens is 510 g/mol. The second-order valence-corrected chi connectivity index (χ2v) is 10.4. The topological polar surface area (TPSA) is 116 Å². The fraction of sp³-hybridized carbons (Fsp3) is 0.414. The second-order valence-electron chi connectivity index (χ2n) is 10.4. The van der Waals surface area contributed by atoms with Gasteiger partial charge in [-0.25, -0.2) is 4.68 Å². The molecule has 3 heterocycles. The zero-order valence-electron chi connectivity index (χ0n) is 22.7. The number of hydrogen-bond donors (Lipinski definition) is 1. The highest BCUT2D eigenvalue weighted by molar-refractivity contribution is 6.02. The predicted octanol–water partition coefficient (Wildman–Crippen LogP) is 3.47. The number of carbonyl (C=O) groups excluding carboxylic acids is 2. The van der Waals surface area contributed by atoms with Crippen LogP contribution in [0.25, 0.3) is 11.0 Å². The maximum Gasteiger partial charge on any atom is 0.249 e. The third-order valence-corrected chi connectivity index (χ3v) is 7.58. The Bertz CT molecular complexity index is 1540. The molecule has 1 N–H and O–H groups in total. The Morgan fingerprint density at radius 3 is 2.62 bits per heavy atom. The van der Waals surface area contributed by atoms with Gasteiger partial charge in [0.05, 0.1) is 11.2 Å². The first-order valence-electron chi connectivity index (χ1n) is 13.8. The quantitative estimate of drug-likeness (QED) is 0.379. The lowest BCUT2D eigenvalue weighted by Gasteiger charge is -2.33. The van der Waals surface area contributed by atoms with Crippen LogP contribution in [0.4, 0.5) is 5.69 Å². The van der Waals surface area contributed by atoms with Crippen LogP contribution in [0, 0.1) is 6.92 Å². The molecular formula is C29H33N7O4. The summed E-state index contributed by atoms with van der Waals surface area (Å²) in [5.41, 5.74) is 3.27. The monoisotopic (exact) mass is 543 g/mol. The average Bonchev–Trinajstić information content (AvgIpc) is 3.53. The lowest BCUT2D eigenvalue weighted by molar-refractivity contribution is -0.127. The van der Waals surface area contributed by atoms with Crippen LogP contribution in [0.2, 0.25) is 0 Å². The molecule has 0 bridgehead atoms. The van der Waals surface area contributed by atoms with Crippen LogP contribution in [0.15, 0.2) is 48.7 Å². The summed E-state index contributed by atoms with van der Waals surface area (Å²) in [4.78, 5) is 30.0. The minimum Gasteiger partial charge on any atom is -0.486 e. The van der Waals surface area contributed by atoms with E-state index < -0.39 is 6.04 Å². The molecule has 0 saturated heterocycles. The molecule has 11 heteroatoms. The average molecular weight is 544 g/mol. The van der Waals surface area contributed by atoms with Crippen LogP contribution in [0.3, 0.4) is 0 Å². The van der Waals surface area contributed by atoms with Crippen molar-refractivity contribution in [3.8, 4) is 11.5 Å². The molecule has 2 aromatic heterocycles. The minimum absolute atomic E-state index is 0.0669. The highest BCUT2D eigenvalue weighted by atomic mass is 16.6. The Hall–Kier alpha value is -4.41. The van der Waals surface area contributed by atoms with Crippen LogP contribution in [0.1, 0.15) is 49.4 Å². The smallest absolute Gasteiger partial charge is 0.249 e. The standard InChI is InChI=1S/C29H33N7O4/c1-19-22(17-34(2)32-19)28(29(38)30-20-8-4-3-5-9-20)36(21-12-13-25-26(16-21)40-15-14-39-25)27(37)18-35-24-11-7-6-10-23(24)31-33-35/h6-7,10-13,16-17,20,28H,3-5,8-9,14-15,18H2,1-2H3,(H,30,38)/t28-/m0/s1. The lowest BCUT2D eigenvalue weighted by atomic mass is 9.94. The minimum atomic E-state index is -0.958. The molecule has 0 unspecified atom stereocenters. The number of hydrogen-bond acceptors (Lipinski definition) is 7. The van der Waals surface area contributed by atoms with Crippen molar-refractivity contribution in [2.75, 3.05) is 18.1 Å². The van der Waals surface area contributed by atoms with Crippen LogP contribution < -0.4 is 19.7 Å². The Morgan fingerprint density at radius 1 is 1.07 bits per heavy atom. The first-order chi connectivity index (χ1) is 19.5. The highest BCUT2D eigenvalue weighted by Gasteiger charge is 2.37. The summed E-state index contributed by atoms with van der Waals surface area (Å²) in [7, 11) is 1.81. The first-order valence-corrected chi connectivity index (χ1v) is 13.8. The number of aryl methyl sites for hydroxylation is 2. The fourth-order valence-electron chi connectivity index (χ4n) is 5.67. The Morgan fingerprint density at radius 2 is 1.85 bits per heavy atom. The van der Waals surface area contributed by atoms with Gasteiger partial charge in [0, 0.05) is 36.6 Å². The maximum atomic E-state index is 14.3. The number of fused-ring (bicyclic) bond motifs is 2. The third-order valence-electron chi connectivity index (χ3n) is 7.58. The van der Waals surface area contributed by atoms with Gasteiger partial charge in [-0.15, -0.1) is 5.10 Å². The van der Waals surface area contributed by atoms with Crippen molar-refractivity contribution in [2.45, 2.75) is 57.7 Å². The zero-order valence-corrected chi connectivity index (χ0v) is 22.7. The summed E-state index contributed by atoms with van der Waals surface area (Å²) in [6.07, 6.45) is 6.98. The van der Waals surface area contributed by atoms with E-state index in [1.807, 2.05) is 44.4 Å². The van der Waals surface area contributed by atoms with Crippen molar-refractivity contribution in [2.24, 2.45) is 7.05 Å². The van der Waals surface area contributed by atoms with E-state index in [1.54, 1.807) is 27.6 Å². The van der Waals surface area contributed by atoms with Crippen molar-refractivity contribution >= 4 is 28.5 Å². The van der Waals surface area contributed by atoms with Gasteiger partial charge in [0.1, 0.15) is 31.3 Å². The van der Waals surface area contributed by atoms with Crippen molar-refractivity contribution in [1.29, 1.82) is 0 Å². The van der Waals surface area contributed by atoms with Crippen molar-refractivity contribution in [3.05, 3.63) is 59.9 Å². The molecule has 1 saturated carbocycles. The second kappa shape index (κ2) is 11.0.